The Hall–Kier alpha value is -1.83. The van der Waals surface area contributed by atoms with Crippen molar-refractivity contribution in [1.82, 2.24) is 9.88 Å². The van der Waals surface area contributed by atoms with Gasteiger partial charge in [0.05, 0.1) is 10.2 Å². The van der Waals surface area contributed by atoms with Crippen LogP contribution in [0.4, 0.5) is 18.0 Å². The van der Waals surface area contributed by atoms with Gasteiger partial charge in [-0.3, -0.25) is 0 Å². The molecule has 3 rings (SSSR count). The minimum Gasteiger partial charge on any atom is -0.327 e. The summed E-state index contributed by atoms with van der Waals surface area (Å²) in [4.78, 5) is 15.9. The van der Waals surface area contributed by atoms with Gasteiger partial charge in [-0.15, -0.1) is 0 Å². The lowest BCUT2D eigenvalue weighted by atomic mass is 10.3. The van der Waals surface area contributed by atoms with Crippen LogP contribution in [0.25, 0.3) is 10.2 Å². The molecule has 0 aliphatic heterocycles. The van der Waals surface area contributed by atoms with Crippen LogP contribution in [0.3, 0.4) is 0 Å². The lowest BCUT2D eigenvalue weighted by molar-refractivity contribution is -0.122. The number of para-hydroxylation sites is 1. The number of carbonyl (C=O) groups is 1. The number of rotatable bonds is 3. The normalized spacial score (nSPS) is 16.2. The zero-order chi connectivity index (χ0) is 15.7. The Kier molecular flexibility index (Phi) is 3.94. The van der Waals surface area contributed by atoms with Gasteiger partial charge in [0.2, 0.25) is 0 Å². The molecule has 1 aliphatic carbocycles. The molecule has 1 fully saturated rings. The van der Waals surface area contributed by atoms with Crippen LogP contribution in [0, 0.1) is 5.92 Å². The summed E-state index contributed by atoms with van der Waals surface area (Å²) in [5.41, 5.74) is 0.960. The van der Waals surface area contributed by atoms with Crippen molar-refractivity contribution in [3.63, 3.8) is 0 Å². The molecule has 0 spiro atoms. The summed E-state index contributed by atoms with van der Waals surface area (Å²) in [6, 6.07) is 6.66. The van der Waals surface area contributed by atoms with Crippen LogP contribution >= 0.6 is 11.3 Å². The van der Waals surface area contributed by atoms with Gasteiger partial charge in [-0.1, -0.05) is 23.5 Å². The Bertz CT molecular complexity index is 759. The molecule has 1 aliphatic rings. The van der Waals surface area contributed by atoms with Crippen LogP contribution in [0.1, 0.15) is 12.8 Å². The molecule has 1 aromatic heterocycles. The van der Waals surface area contributed by atoms with E-state index in [4.69, 9.17) is 0 Å². The van der Waals surface area contributed by atoms with E-state index in [0.717, 1.165) is 29.6 Å². The minimum atomic E-state index is -4.44. The highest BCUT2D eigenvalue weighted by atomic mass is 32.1. The zero-order valence-corrected chi connectivity index (χ0v) is 12.4. The number of hydrogen-bond acceptors (Lipinski definition) is 2. The number of urea groups is 1. The average molecular weight is 329 g/mol. The maximum Gasteiger partial charge on any atom is 0.405 e. The topological polar surface area (TPSA) is 46.4 Å². The number of carbonyl (C=O) groups excluding carboxylic acids is 1. The minimum absolute atomic E-state index is 0.438. The van der Waals surface area contributed by atoms with Crippen LogP contribution in [0.15, 0.2) is 29.3 Å². The highest BCUT2D eigenvalue weighted by molar-refractivity contribution is 7.16. The molecule has 22 heavy (non-hydrogen) atoms. The van der Waals surface area contributed by atoms with E-state index in [1.165, 1.54) is 11.3 Å². The zero-order valence-electron chi connectivity index (χ0n) is 11.6. The first-order valence-electron chi connectivity index (χ1n) is 6.90. The van der Waals surface area contributed by atoms with E-state index in [1.807, 2.05) is 28.8 Å². The van der Waals surface area contributed by atoms with Crippen LogP contribution < -0.4 is 10.1 Å². The van der Waals surface area contributed by atoms with E-state index in [1.54, 1.807) is 5.32 Å². The van der Waals surface area contributed by atoms with Crippen molar-refractivity contribution in [1.29, 1.82) is 0 Å². The van der Waals surface area contributed by atoms with Crippen molar-refractivity contribution in [3.05, 3.63) is 29.1 Å². The predicted molar refractivity (Wildman–Crippen MR) is 77.6 cm³/mol. The Labute approximate surface area is 128 Å². The molecule has 1 N–H and O–H groups in total. The summed E-state index contributed by atoms with van der Waals surface area (Å²) in [6.45, 7) is -0.627. The number of amides is 2. The second kappa shape index (κ2) is 5.75. The summed E-state index contributed by atoms with van der Waals surface area (Å²) in [5.74, 6) is 0.565. The molecular formula is C14H14F3N3OS. The third kappa shape index (κ3) is 3.68. The third-order valence-corrected chi connectivity index (χ3v) is 4.42. The molecule has 2 aromatic rings. The molecule has 8 heteroatoms. The number of nitrogens with one attached hydrogen (secondary N) is 1. The Morgan fingerprint density at radius 1 is 1.36 bits per heavy atom. The Balaban J connectivity index is 1.91. The number of hydrogen-bond donors (Lipinski definition) is 1. The molecule has 4 nitrogen and oxygen atoms in total. The lowest BCUT2D eigenvalue weighted by Crippen LogP contribution is -2.33. The molecule has 1 heterocycles. The van der Waals surface area contributed by atoms with E-state index in [2.05, 4.69) is 4.99 Å². The molecule has 2 amide bonds. The molecule has 0 saturated heterocycles. The molecule has 118 valence electrons. The van der Waals surface area contributed by atoms with E-state index in [0.29, 0.717) is 10.7 Å². The quantitative estimate of drug-likeness (QED) is 0.923. The number of alkyl halides is 3. The summed E-state index contributed by atoms with van der Waals surface area (Å²) in [7, 11) is 0. The van der Waals surface area contributed by atoms with Crippen LogP contribution in [0.5, 0.6) is 0 Å². The fraction of sp³-hybridized carbons (Fsp3) is 0.429. The maximum absolute atomic E-state index is 12.1. The molecule has 0 atom stereocenters. The number of aromatic nitrogens is 1. The fourth-order valence-electron chi connectivity index (χ4n) is 2.14. The second-order valence-electron chi connectivity index (χ2n) is 5.29. The smallest absolute Gasteiger partial charge is 0.327 e. The highest BCUT2D eigenvalue weighted by Gasteiger charge is 2.28. The summed E-state index contributed by atoms with van der Waals surface area (Å²) < 4.78 is 39.3. The lowest BCUT2D eigenvalue weighted by Gasteiger charge is -2.06. The first kappa shape index (κ1) is 15.1. The average Bonchev–Trinajstić information content (AvgIpc) is 3.20. The predicted octanol–water partition coefficient (Wildman–Crippen LogP) is 3.29. The maximum atomic E-state index is 12.1. The van der Waals surface area contributed by atoms with Gasteiger partial charge < -0.3 is 9.88 Å². The Morgan fingerprint density at radius 3 is 2.77 bits per heavy atom. The van der Waals surface area contributed by atoms with Gasteiger partial charge in [0.15, 0.2) is 4.80 Å². The van der Waals surface area contributed by atoms with E-state index in [-0.39, 0.29) is 0 Å². The number of halogens is 3. The van der Waals surface area contributed by atoms with Gasteiger partial charge in [-0.25, -0.2) is 4.79 Å². The van der Waals surface area contributed by atoms with Gasteiger partial charge in [-0.05, 0) is 30.9 Å². The monoisotopic (exact) mass is 329 g/mol. The van der Waals surface area contributed by atoms with Crippen molar-refractivity contribution in [2.24, 2.45) is 10.9 Å². The van der Waals surface area contributed by atoms with Gasteiger partial charge >= 0.3 is 12.2 Å². The van der Waals surface area contributed by atoms with Gasteiger partial charge in [-0.2, -0.15) is 18.2 Å². The van der Waals surface area contributed by atoms with Gasteiger partial charge in [0.1, 0.15) is 6.54 Å². The summed E-state index contributed by atoms with van der Waals surface area (Å²) in [5, 5.41) is 1.77. The number of nitrogens with zero attached hydrogens (tertiary/aromatic N) is 2. The van der Waals surface area contributed by atoms with Crippen molar-refractivity contribution < 1.29 is 18.0 Å². The SMILES string of the molecule is O=C(N=c1sc2ccccc2n1CC1CC1)NCC(F)(F)F. The van der Waals surface area contributed by atoms with Crippen LogP contribution in [-0.2, 0) is 6.54 Å². The highest BCUT2D eigenvalue weighted by Crippen LogP contribution is 2.31. The molecule has 0 unspecified atom stereocenters. The van der Waals surface area contributed by atoms with Gasteiger partial charge in [0.25, 0.3) is 0 Å². The molecule has 1 saturated carbocycles. The second-order valence-corrected chi connectivity index (χ2v) is 6.30. The van der Waals surface area contributed by atoms with Gasteiger partial charge in [0, 0.05) is 6.54 Å². The van der Waals surface area contributed by atoms with Crippen LogP contribution in [-0.4, -0.2) is 23.3 Å². The molecule has 0 radical (unpaired) electrons. The number of benzene rings is 1. The largest absolute Gasteiger partial charge is 0.405 e. The van der Waals surface area contributed by atoms with Crippen molar-refractivity contribution in [2.75, 3.05) is 6.54 Å². The molecular weight excluding hydrogens is 315 g/mol. The first-order valence-corrected chi connectivity index (χ1v) is 7.72. The van der Waals surface area contributed by atoms with E-state index in [9.17, 15) is 18.0 Å². The van der Waals surface area contributed by atoms with Crippen molar-refractivity contribution >= 4 is 27.6 Å². The van der Waals surface area contributed by atoms with Crippen molar-refractivity contribution in [2.45, 2.75) is 25.6 Å². The molecule has 0 bridgehead atoms. The fourth-order valence-corrected chi connectivity index (χ4v) is 3.18. The third-order valence-electron chi connectivity index (χ3n) is 3.36. The summed E-state index contributed by atoms with van der Waals surface area (Å²) in [6.07, 6.45) is -2.16. The first-order chi connectivity index (χ1) is 10.4. The molecule has 1 aromatic carbocycles. The van der Waals surface area contributed by atoms with E-state index < -0.39 is 18.8 Å². The number of fused-ring (bicyclic) bond motifs is 1. The van der Waals surface area contributed by atoms with Crippen LogP contribution in [0.2, 0.25) is 0 Å². The van der Waals surface area contributed by atoms with E-state index >= 15 is 0 Å². The summed E-state index contributed by atoms with van der Waals surface area (Å²) >= 11 is 1.31. The standard InChI is InChI=1S/C14H14F3N3OS/c15-14(16,17)8-18-12(21)19-13-20(7-9-5-6-9)10-3-1-2-4-11(10)22-13/h1-4,9H,5-8H2,(H,18,21). The Morgan fingerprint density at radius 2 is 2.09 bits per heavy atom. The number of thiazole rings is 1. The van der Waals surface area contributed by atoms with Crippen molar-refractivity contribution in [3.8, 4) is 0 Å².